The van der Waals surface area contributed by atoms with E-state index in [1.54, 1.807) is 18.2 Å². The maximum atomic E-state index is 11.9. The number of hydrogen-bond acceptors (Lipinski definition) is 3. The highest BCUT2D eigenvalue weighted by molar-refractivity contribution is 9.10. The average molecular weight is 327 g/mol. The first-order valence-corrected chi connectivity index (χ1v) is 6.97. The molecule has 1 amide bonds. The van der Waals surface area contributed by atoms with Crippen molar-refractivity contribution in [3.05, 3.63) is 28.5 Å². The van der Waals surface area contributed by atoms with Crippen molar-refractivity contribution >= 4 is 27.8 Å². The Morgan fingerprint density at radius 3 is 2.63 bits per heavy atom. The third kappa shape index (κ3) is 3.12. The third-order valence-electron chi connectivity index (χ3n) is 3.55. The van der Waals surface area contributed by atoms with E-state index in [4.69, 9.17) is 0 Å². The van der Waals surface area contributed by atoms with Gasteiger partial charge in [-0.15, -0.1) is 0 Å². The minimum absolute atomic E-state index is 0.162. The summed E-state index contributed by atoms with van der Waals surface area (Å²) < 4.78 is 0.578. The van der Waals surface area contributed by atoms with Gasteiger partial charge in [0.05, 0.1) is 5.41 Å². The van der Waals surface area contributed by atoms with Gasteiger partial charge in [-0.2, -0.15) is 0 Å². The molecule has 0 saturated heterocycles. The van der Waals surface area contributed by atoms with Crippen molar-refractivity contribution in [2.45, 2.75) is 25.7 Å². The molecule has 5 nitrogen and oxygen atoms in total. The number of rotatable bonds is 4. The summed E-state index contributed by atoms with van der Waals surface area (Å²) >= 11 is 3.20. The van der Waals surface area contributed by atoms with Crippen LogP contribution >= 0.6 is 15.9 Å². The normalized spacial score (nSPS) is 17.1. The van der Waals surface area contributed by atoms with Gasteiger partial charge in [0.25, 0.3) is 5.91 Å². The molecule has 0 aromatic carbocycles. The van der Waals surface area contributed by atoms with Gasteiger partial charge in [0, 0.05) is 6.54 Å². The number of carboxylic acids is 1. The van der Waals surface area contributed by atoms with Gasteiger partial charge < -0.3 is 10.4 Å². The van der Waals surface area contributed by atoms with Crippen LogP contribution < -0.4 is 5.32 Å². The Morgan fingerprint density at radius 1 is 1.37 bits per heavy atom. The van der Waals surface area contributed by atoms with Gasteiger partial charge in [-0.3, -0.25) is 9.59 Å². The molecule has 0 atom stereocenters. The van der Waals surface area contributed by atoms with Crippen molar-refractivity contribution in [2.75, 3.05) is 6.54 Å². The average Bonchev–Trinajstić information content (AvgIpc) is 2.86. The maximum absolute atomic E-state index is 11.9. The maximum Gasteiger partial charge on any atom is 0.311 e. The summed E-state index contributed by atoms with van der Waals surface area (Å²) in [7, 11) is 0. The van der Waals surface area contributed by atoms with E-state index in [1.807, 2.05) is 0 Å². The molecule has 2 N–H and O–H groups in total. The summed E-state index contributed by atoms with van der Waals surface area (Å²) in [6.07, 6.45) is 3.04. The molecule has 0 aliphatic heterocycles. The zero-order valence-electron chi connectivity index (χ0n) is 10.4. The molecule has 6 heteroatoms. The minimum atomic E-state index is -0.826. The molecule has 1 saturated carbocycles. The van der Waals surface area contributed by atoms with E-state index < -0.39 is 11.4 Å². The second-order valence-corrected chi connectivity index (χ2v) is 5.63. The van der Waals surface area contributed by atoms with Crippen molar-refractivity contribution in [1.29, 1.82) is 0 Å². The second kappa shape index (κ2) is 5.69. The van der Waals surface area contributed by atoms with Gasteiger partial charge >= 0.3 is 5.97 Å². The summed E-state index contributed by atoms with van der Waals surface area (Å²) in [4.78, 5) is 27.3. The zero-order valence-corrected chi connectivity index (χ0v) is 11.9. The smallest absolute Gasteiger partial charge is 0.311 e. The van der Waals surface area contributed by atoms with Crippen LogP contribution in [-0.4, -0.2) is 28.5 Å². The lowest BCUT2D eigenvalue weighted by Gasteiger charge is -2.23. The van der Waals surface area contributed by atoms with Gasteiger partial charge in [-0.1, -0.05) is 18.9 Å². The number of aromatic nitrogens is 1. The molecular formula is C13H15BrN2O3. The van der Waals surface area contributed by atoms with Crippen molar-refractivity contribution in [3.8, 4) is 0 Å². The fourth-order valence-electron chi connectivity index (χ4n) is 2.39. The number of carbonyl (C=O) groups excluding carboxylic acids is 1. The minimum Gasteiger partial charge on any atom is -0.481 e. The number of aliphatic carboxylic acids is 1. The SMILES string of the molecule is O=C(NCC1(C(=O)O)CCCC1)c1cccc(Br)n1. The van der Waals surface area contributed by atoms with Crippen LogP contribution in [0.25, 0.3) is 0 Å². The molecule has 1 aromatic rings. The zero-order chi connectivity index (χ0) is 13.9. The predicted molar refractivity (Wildman–Crippen MR) is 72.8 cm³/mol. The number of nitrogens with one attached hydrogen (secondary N) is 1. The molecule has 0 spiro atoms. The molecule has 19 heavy (non-hydrogen) atoms. The van der Waals surface area contributed by atoms with Crippen LogP contribution in [0.1, 0.15) is 36.2 Å². The van der Waals surface area contributed by atoms with E-state index in [1.165, 1.54) is 0 Å². The van der Waals surface area contributed by atoms with Crippen LogP contribution in [-0.2, 0) is 4.79 Å². The van der Waals surface area contributed by atoms with E-state index >= 15 is 0 Å². The van der Waals surface area contributed by atoms with Crippen LogP contribution in [0.4, 0.5) is 0 Å². The topological polar surface area (TPSA) is 79.3 Å². The number of halogens is 1. The van der Waals surface area contributed by atoms with Gasteiger partial charge in [-0.05, 0) is 40.9 Å². The highest BCUT2D eigenvalue weighted by atomic mass is 79.9. The van der Waals surface area contributed by atoms with Gasteiger partial charge in [0.1, 0.15) is 10.3 Å². The van der Waals surface area contributed by atoms with E-state index in [2.05, 4.69) is 26.2 Å². The first-order valence-electron chi connectivity index (χ1n) is 6.18. The molecule has 0 unspecified atom stereocenters. The molecular weight excluding hydrogens is 312 g/mol. The summed E-state index contributed by atoms with van der Waals surface area (Å²) in [6.45, 7) is 0.162. The van der Waals surface area contributed by atoms with Crippen LogP contribution in [0.3, 0.4) is 0 Å². The number of pyridine rings is 1. The molecule has 0 bridgehead atoms. The number of carbonyl (C=O) groups is 2. The summed E-state index contributed by atoms with van der Waals surface area (Å²) in [6, 6.07) is 5.04. The Kier molecular flexibility index (Phi) is 4.19. The third-order valence-corrected chi connectivity index (χ3v) is 3.99. The summed E-state index contributed by atoms with van der Waals surface area (Å²) in [5.41, 5.74) is -0.519. The molecule has 102 valence electrons. The van der Waals surface area contributed by atoms with Crippen LogP contribution in [0.5, 0.6) is 0 Å². The Hall–Kier alpha value is -1.43. The lowest BCUT2D eigenvalue weighted by molar-refractivity contribution is -0.148. The van der Waals surface area contributed by atoms with Crippen molar-refractivity contribution in [2.24, 2.45) is 5.41 Å². The summed E-state index contributed by atoms with van der Waals surface area (Å²) in [5.74, 6) is -1.17. The Bertz CT molecular complexity index is 498. The molecule has 2 rings (SSSR count). The number of carboxylic acid groups (broad SMARTS) is 1. The Morgan fingerprint density at radius 2 is 2.05 bits per heavy atom. The molecule has 1 aliphatic carbocycles. The molecule has 0 radical (unpaired) electrons. The quantitative estimate of drug-likeness (QED) is 0.831. The standard InChI is InChI=1S/C13H15BrN2O3/c14-10-5-3-4-9(16-10)11(17)15-8-13(12(18)19)6-1-2-7-13/h3-5H,1-2,6-8H2,(H,15,17)(H,18,19). The van der Waals surface area contributed by atoms with Crippen molar-refractivity contribution in [1.82, 2.24) is 10.3 Å². The molecule has 1 aliphatic rings. The van der Waals surface area contributed by atoms with E-state index in [0.717, 1.165) is 12.8 Å². The van der Waals surface area contributed by atoms with Gasteiger partial charge in [0.15, 0.2) is 0 Å². The van der Waals surface area contributed by atoms with Crippen LogP contribution in [0.2, 0.25) is 0 Å². The van der Waals surface area contributed by atoms with E-state index in [0.29, 0.717) is 17.4 Å². The number of amides is 1. The number of nitrogens with zero attached hydrogens (tertiary/aromatic N) is 1. The van der Waals surface area contributed by atoms with Crippen LogP contribution in [0.15, 0.2) is 22.8 Å². The lowest BCUT2D eigenvalue weighted by atomic mass is 9.86. The lowest BCUT2D eigenvalue weighted by Crippen LogP contribution is -2.41. The van der Waals surface area contributed by atoms with Gasteiger partial charge in [-0.25, -0.2) is 4.98 Å². The Labute approximate surface area is 119 Å². The second-order valence-electron chi connectivity index (χ2n) is 4.82. The highest BCUT2D eigenvalue weighted by Gasteiger charge is 2.41. The fraction of sp³-hybridized carbons (Fsp3) is 0.462. The molecule has 1 heterocycles. The van der Waals surface area contributed by atoms with E-state index in [-0.39, 0.29) is 18.1 Å². The van der Waals surface area contributed by atoms with Crippen molar-refractivity contribution in [3.63, 3.8) is 0 Å². The van der Waals surface area contributed by atoms with Gasteiger partial charge in [0.2, 0.25) is 0 Å². The van der Waals surface area contributed by atoms with E-state index in [9.17, 15) is 14.7 Å². The largest absolute Gasteiger partial charge is 0.481 e. The number of hydrogen-bond donors (Lipinski definition) is 2. The predicted octanol–water partition coefficient (Wildman–Crippen LogP) is 2.22. The summed E-state index contributed by atoms with van der Waals surface area (Å²) in [5, 5.41) is 12.0. The fourth-order valence-corrected chi connectivity index (χ4v) is 2.74. The first kappa shape index (κ1) is 14.0. The highest BCUT2D eigenvalue weighted by Crippen LogP contribution is 2.37. The van der Waals surface area contributed by atoms with Crippen LogP contribution in [0, 0.1) is 5.41 Å². The first-order chi connectivity index (χ1) is 9.03. The Balaban J connectivity index is 2.02. The molecule has 1 aromatic heterocycles. The molecule has 1 fully saturated rings. The monoisotopic (exact) mass is 326 g/mol. The van der Waals surface area contributed by atoms with Crippen molar-refractivity contribution < 1.29 is 14.7 Å².